The van der Waals surface area contributed by atoms with Crippen molar-refractivity contribution in [2.45, 2.75) is 26.7 Å². The second-order valence-electron chi connectivity index (χ2n) is 4.69. The number of hydrogen-bond acceptors (Lipinski definition) is 3. The number of pyridine rings is 1. The van der Waals surface area contributed by atoms with Gasteiger partial charge in [0.25, 0.3) is 0 Å². The number of nitrogens with zero attached hydrogens (tertiary/aromatic N) is 1. The van der Waals surface area contributed by atoms with E-state index in [2.05, 4.69) is 41.6 Å². The van der Waals surface area contributed by atoms with Crippen LogP contribution in [0.25, 0.3) is 0 Å². The van der Waals surface area contributed by atoms with Crippen LogP contribution in [0.2, 0.25) is 0 Å². The predicted molar refractivity (Wildman–Crippen MR) is 67.8 cm³/mol. The number of hydrogen-bond donors (Lipinski definition) is 2. The highest BCUT2D eigenvalue weighted by Gasteiger charge is 2.12. The first-order chi connectivity index (χ1) is 7.75. The molecule has 0 amide bonds. The second-order valence-corrected chi connectivity index (χ2v) is 4.69. The first-order valence-corrected chi connectivity index (χ1v) is 6.14. The van der Waals surface area contributed by atoms with Crippen LogP contribution in [0.5, 0.6) is 0 Å². The molecule has 0 radical (unpaired) electrons. The first kappa shape index (κ1) is 11.4. The van der Waals surface area contributed by atoms with Crippen molar-refractivity contribution in [1.82, 2.24) is 10.3 Å². The maximum atomic E-state index is 4.53. The number of piperidine rings is 1. The molecule has 0 aromatic carbocycles. The molecule has 3 nitrogen and oxygen atoms in total. The van der Waals surface area contributed by atoms with Crippen molar-refractivity contribution in [3.63, 3.8) is 0 Å². The Morgan fingerprint density at radius 3 is 3.00 bits per heavy atom. The number of anilines is 1. The molecule has 0 saturated carbocycles. The molecule has 2 rings (SSSR count). The van der Waals surface area contributed by atoms with E-state index in [1.807, 2.05) is 0 Å². The summed E-state index contributed by atoms with van der Waals surface area (Å²) in [6.45, 7) is 7.50. The molecule has 16 heavy (non-hydrogen) atoms. The SMILES string of the molecule is Cc1ccc(NCC2CCCNC2)nc1C. The average Bonchev–Trinajstić information content (AvgIpc) is 2.32. The monoisotopic (exact) mass is 219 g/mol. The van der Waals surface area contributed by atoms with E-state index in [9.17, 15) is 0 Å². The Morgan fingerprint density at radius 2 is 2.31 bits per heavy atom. The highest BCUT2D eigenvalue weighted by atomic mass is 15.0. The van der Waals surface area contributed by atoms with Crippen LogP contribution in [0.4, 0.5) is 5.82 Å². The summed E-state index contributed by atoms with van der Waals surface area (Å²) in [6, 6.07) is 4.20. The van der Waals surface area contributed by atoms with Gasteiger partial charge in [0.2, 0.25) is 0 Å². The van der Waals surface area contributed by atoms with E-state index >= 15 is 0 Å². The van der Waals surface area contributed by atoms with Crippen LogP contribution < -0.4 is 10.6 Å². The summed E-state index contributed by atoms with van der Waals surface area (Å²) < 4.78 is 0. The average molecular weight is 219 g/mol. The van der Waals surface area contributed by atoms with Crippen LogP contribution in [0.3, 0.4) is 0 Å². The second kappa shape index (κ2) is 5.30. The molecule has 1 unspecified atom stereocenters. The van der Waals surface area contributed by atoms with Crippen LogP contribution in [0.1, 0.15) is 24.1 Å². The van der Waals surface area contributed by atoms with Gasteiger partial charge in [-0.25, -0.2) is 4.98 Å². The van der Waals surface area contributed by atoms with Crippen molar-refractivity contribution in [2.24, 2.45) is 5.92 Å². The fourth-order valence-corrected chi connectivity index (χ4v) is 2.08. The molecule has 88 valence electrons. The molecule has 1 aromatic heterocycles. The van der Waals surface area contributed by atoms with Gasteiger partial charge in [-0.15, -0.1) is 0 Å². The molecule has 1 aliphatic heterocycles. The highest BCUT2D eigenvalue weighted by molar-refractivity contribution is 5.38. The van der Waals surface area contributed by atoms with E-state index in [4.69, 9.17) is 0 Å². The molecule has 1 aliphatic rings. The molecular formula is C13H21N3. The third-order valence-corrected chi connectivity index (χ3v) is 3.32. The van der Waals surface area contributed by atoms with Gasteiger partial charge in [-0.3, -0.25) is 0 Å². The third-order valence-electron chi connectivity index (χ3n) is 3.32. The van der Waals surface area contributed by atoms with Gasteiger partial charge < -0.3 is 10.6 Å². The van der Waals surface area contributed by atoms with Gasteiger partial charge in [0, 0.05) is 12.2 Å². The smallest absolute Gasteiger partial charge is 0.126 e. The maximum Gasteiger partial charge on any atom is 0.126 e. The predicted octanol–water partition coefficient (Wildman–Crippen LogP) is 2.11. The third kappa shape index (κ3) is 2.95. The lowest BCUT2D eigenvalue weighted by Gasteiger charge is -2.23. The zero-order chi connectivity index (χ0) is 11.4. The van der Waals surface area contributed by atoms with Gasteiger partial charge in [-0.1, -0.05) is 6.07 Å². The standard InChI is InChI=1S/C13H21N3/c1-10-5-6-13(16-11(10)2)15-9-12-4-3-7-14-8-12/h5-6,12,14H,3-4,7-9H2,1-2H3,(H,15,16). The first-order valence-electron chi connectivity index (χ1n) is 6.14. The summed E-state index contributed by atoms with van der Waals surface area (Å²) >= 11 is 0. The minimum absolute atomic E-state index is 0.747. The minimum Gasteiger partial charge on any atom is -0.370 e. The molecule has 1 atom stereocenters. The lowest BCUT2D eigenvalue weighted by molar-refractivity contribution is 0.392. The number of aromatic nitrogens is 1. The summed E-state index contributed by atoms with van der Waals surface area (Å²) in [5, 5.41) is 6.86. The van der Waals surface area contributed by atoms with Crippen LogP contribution in [-0.4, -0.2) is 24.6 Å². The summed E-state index contributed by atoms with van der Waals surface area (Å²) in [5.41, 5.74) is 2.37. The lowest BCUT2D eigenvalue weighted by Crippen LogP contribution is -2.33. The maximum absolute atomic E-state index is 4.53. The highest BCUT2D eigenvalue weighted by Crippen LogP contribution is 2.13. The molecule has 1 fully saturated rings. The van der Waals surface area contributed by atoms with Gasteiger partial charge in [0.1, 0.15) is 5.82 Å². The summed E-state index contributed by atoms with van der Waals surface area (Å²) in [6.07, 6.45) is 2.62. The van der Waals surface area contributed by atoms with E-state index in [1.54, 1.807) is 0 Å². The Morgan fingerprint density at radius 1 is 1.44 bits per heavy atom. The van der Waals surface area contributed by atoms with Crippen molar-refractivity contribution >= 4 is 5.82 Å². The van der Waals surface area contributed by atoms with Crippen LogP contribution in [0, 0.1) is 19.8 Å². The molecule has 0 aliphatic carbocycles. The number of rotatable bonds is 3. The fraction of sp³-hybridized carbons (Fsp3) is 0.615. The lowest BCUT2D eigenvalue weighted by atomic mass is 10.00. The van der Waals surface area contributed by atoms with Gasteiger partial charge >= 0.3 is 0 Å². The van der Waals surface area contributed by atoms with E-state index in [-0.39, 0.29) is 0 Å². The molecule has 0 spiro atoms. The summed E-state index contributed by atoms with van der Waals surface area (Å²) in [5.74, 6) is 1.76. The van der Waals surface area contributed by atoms with Crippen molar-refractivity contribution in [3.05, 3.63) is 23.4 Å². The molecule has 0 bridgehead atoms. The van der Waals surface area contributed by atoms with Gasteiger partial charge in [0.05, 0.1) is 0 Å². The molecule has 3 heteroatoms. The van der Waals surface area contributed by atoms with Crippen molar-refractivity contribution in [2.75, 3.05) is 25.0 Å². The van der Waals surface area contributed by atoms with E-state index < -0.39 is 0 Å². The van der Waals surface area contributed by atoms with Crippen molar-refractivity contribution in [3.8, 4) is 0 Å². The Kier molecular flexibility index (Phi) is 3.78. The molecule has 2 heterocycles. The Labute approximate surface area is 97.7 Å². The Bertz CT molecular complexity index is 343. The Hall–Kier alpha value is -1.09. The van der Waals surface area contributed by atoms with E-state index in [1.165, 1.54) is 24.9 Å². The molecule has 2 N–H and O–H groups in total. The zero-order valence-corrected chi connectivity index (χ0v) is 10.2. The number of nitrogens with one attached hydrogen (secondary N) is 2. The fourth-order valence-electron chi connectivity index (χ4n) is 2.08. The molecule has 1 saturated heterocycles. The minimum atomic E-state index is 0.747. The quantitative estimate of drug-likeness (QED) is 0.817. The van der Waals surface area contributed by atoms with Crippen molar-refractivity contribution in [1.29, 1.82) is 0 Å². The van der Waals surface area contributed by atoms with Crippen LogP contribution in [0.15, 0.2) is 12.1 Å². The normalized spacial score (nSPS) is 20.8. The van der Waals surface area contributed by atoms with Crippen molar-refractivity contribution < 1.29 is 0 Å². The summed E-state index contributed by atoms with van der Waals surface area (Å²) in [7, 11) is 0. The largest absolute Gasteiger partial charge is 0.370 e. The zero-order valence-electron chi connectivity index (χ0n) is 10.2. The van der Waals surface area contributed by atoms with Gasteiger partial charge in [-0.2, -0.15) is 0 Å². The topological polar surface area (TPSA) is 37.0 Å². The molecule has 1 aromatic rings. The van der Waals surface area contributed by atoms with Gasteiger partial charge in [0.15, 0.2) is 0 Å². The Balaban J connectivity index is 1.86. The van der Waals surface area contributed by atoms with Crippen LogP contribution >= 0.6 is 0 Å². The van der Waals surface area contributed by atoms with E-state index in [0.717, 1.165) is 30.5 Å². The van der Waals surface area contributed by atoms with E-state index in [0.29, 0.717) is 0 Å². The molecular weight excluding hydrogens is 198 g/mol. The summed E-state index contributed by atoms with van der Waals surface area (Å²) in [4.78, 5) is 4.53. The van der Waals surface area contributed by atoms with Crippen LogP contribution in [-0.2, 0) is 0 Å². The number of aryl methyl sites for hydroxylation is 2. The van der Waals surface area contributed by atoms with Gasteiger partial charge in [-0.05, 0) is 57.3 Å².